The van der Waals surface area contributed by atoms with Crippen LogP contribution in [0.5, 0.6) is 5.75 Å². The molecular formula is C24H26N6O2. The van der Waals surface area contributed by atoms with Crippen LogP contribution in [0.1, 0.15) is 12.5 Å². The van der Waals surface area contributed by atoms with Gasteiger partial charge in [-0.3, -0.25) is 4.79 Å². The van der Waals surface area contributed by atoms with Crippen molar-refractivity contribution in [1.29, 1.82) is 0 Å². The summed E-state index contributed by atoms with van der Waals surface area (Å²) in [7, 11) is 0. The molecule has 0 spiro atoms. The average molecular weight is 431 g/mol. The van der Waals surface area contributed by atoms with Crippen LogP contribution in [0.4, 0.5) is 5.82 Å². The van der Waals surface area contributed by atoms with Gasteiger partial charge in [0.25, 0.3) is 5.91 Å². The summed E-state index contributed by atoms with van der Waals surface area (Å²) in [4.78, 5) is 21.1. The average Bonchev–Trinajstić information content (AvgIpc) is 3.24. The summed E-state index contributed by atoms with van der Waals surface area (Å²) in [5.41, 5.74) is 1.99. The second kappa shape index (κ2) is 10.4. The number of benzene rings is 2. The van der Waals surface area contributed by atoms with Crippen molar-refractivity contribution >= 4 is 22.8 Å². The lowest BCUT2D eigenvalue weighted by Crippen LogP contribution is -2.38. The first-order chi connectivity index (χ1) is 15.7. The number of para-hydroxylation sites is 1. The van der Waals surface area contributed by atoms with Crippen molar-refractivity contribution in [2.45, 2.75) is 26.0 Å². The topological polar surface area (TPSA) is 94.0 Å². The van der Waals surface area contributed by atoms with Gasteiger partial charge in [0, 0.05) is 13.1 Å². The molecule has 4 aromatic rings. The second-order valence-electron chi connectivity index (χ2n) is 7.35. The molecule has 4 rings (SSSR count). The van der Waals surface area contributed by atoms with Crippen molar-refractivity contribution in [3.8, 4) is 5.75 Å². The van der Waals surface area contributed by atoms with Crippen LogP contribution in [-0.2, 0) is 17.8 Å². The first kappa shape index (κ1) is 21.3. The Labute approximate surface area is 186 Å². The van der Waals surface area contributed by atoms with E-state index in [2.05, 4.69) is 37.8 Å². The summed E-state index contributed by atoms with van der Waals surface area (Å²) in [6, 6.07) is 19.6. The van der Waals surface area contributed by atoms with Crippen LogP contribution in [0.2, 0.25) is 0 Å². The third kappa shape index (κ3) is 5.40. The molecule has 0 saturated carbocycles. The fraction of sp³-hybridized carbons (Fsp3) is 0.250. The Morgan fingerprint density at radius 3 is 2.56 bits per heavy atom. The first-order valence-corrected chi connectivity index (χ1v) is 10.6. The highest BCUT2D eigenvalue weighted by atomic mass is 16.5. The molecule has 8 heteroatoms. The molecule has 1 amide bonds. The van der Waals surface area contributed by atoms with E-state index >= 15 is 0 Å². The first-order valence-electron chi connectivity index (χ1n) is 10.6. The zero-order chi connectivity index (χ0) is 22.2. The molecule has 2 heterocycles. The van der Waals surface area contributed by atoms with Crippen molar-refractivity contribution < 1.29 is 9.53 Å². The largest absolute Gasteiger partial charge is 0.481 e. The van der Waals surface area contributed by atoms with Gasteiger partial charge in [0.1, 0.15) is 17.9 Å². The predicted octanol–water partition coefficient (Wildman–Crippen LogP) is 3.06. The molecule has 0 aliphatic carbocycles. The van der Waals surface area contributed by atoms with Gasteiger partial charge in [0.05, 0.1) is 18.1 Å². The normalized spacial score (nSPS) is 11.8. The number of nitrogens with one attached hydrogen (secondary N) is 2. The van der Waals surface area contributed by atoms with Gasteiger partial charge in [-0.25, -0.2) is 14.6 Å². The Hall–Kier alpha value is -3.94. The molecule has 0 radical (unpaired) electrons. The highest BCUT2D eigenvalue weighted by molar-refractivity contribution is 5.86. The number of aromatic nitrogens is 4. The lowest BCUT2D eigenvalue weighted by Gasteiger charge is -2.14. The molecule has 0 aliphatic heterocycles. The van der Waals surface area contributed by atoms with Gasteiger partial charge in [0.15, 0.2) is 11.8 Å². The number of nitrogens with zero attached hydrogens (tertiary/aromatic N) is 4. The highest BCUT2D eigenvalue weighted by Gasteiger charge is 2.15. The molecule has 0 saturated heterocycles. The smallest absolute Gasteiger partial charge is 0.260 e. The molecule has 0 bridgehead atoms. The maximum Gasteiger partial charge on any atom is 0.260 e. The Morgan fingerprint density at radius 2 is 1.78 bits per heavy atom. The predicted molar refractivity (Wildman–Crippen MR) is 124 cm³/mol. The number of hydrogen-bond acceptors (Lipinski definition) is 6. The van der Waals surface area contributed by atoms with Crippen LogP contribution in [0, 0.1) is 0 Å². The molecule has 2 N–H and O–H groups in total. The minimum absolute atomic E-state index is 0.178. The maximum atomic E-state index is 12.3. The van der Waals surface area contributed by atoms with Crippen molar-refractivity contribution in [1.82, 2.24) is 25.1 Å². The van der Waals surface area contributed by atoms with Gasteiger partial charge in [0.2, 0.25) is 0 Å². The van der Waals surface area contributed by atoms with Gasteiger partial charge >= 0.3 is 0 Å². The van der Waals surface area contributed by atoms with Crippen molar-refractivity contribution in [3.63, 3.8) is 0 Å². The van der Waals surface area contributed by atoms with Crippen LogP contribution < -0.4 is 15.4 Å². The summed E-state index contributed by atoms with van der Waals surface area (Å²) in [5, 5.41) is 11.5. The summed E-state index contributed by atoms with van der Waals surface area (Å²) < 4.78 is 7.42. The fourth-order valence-electron chi connectivity index (χ4n) is 3.35. The van der Waals surface area contributed by atoms with E-state index in [-0.39, 0.29) is 5.91 Å². The van der Waals surface area contributed by atoms with Crippen LogP contribution in [0.3, 0.4) is 0 Å². The number of amides is 1. The van der Waals surface area contributed by atoms with Gasteiger partial charge in [-0.2, -0.15) is 5.10 Å². The maximum absolute atomic E-state index is 12.3. The van der Waals surface area contributed by atoms with E-state index in [1.807, 2.05) is 48.5 Å². The number of rotatable bonds is 10. The Kier molecular flexibility index (Phi) is 6.91. The third-order valence-electron chi connectivity index (χ3n) is 5.03. The van der Waals surface area contributed by atoms with E-state index in [1.54, 1.807) is 17.8 Å². The monoisotopic (exact) mass is 430 g/mol. The molecule has 0 unspecified atom stereocenters. The molecule has 0 fully saturated rings. The molecule has 164 valence electrons. The van der Waals surface area contributed by atoms with E-state index in [1.165, 1.54) is 11.9 Å². The molecule has 2 aromatic carbocycles. The minimum atomic E-state index is -0.588. The number of fused-ring (bicyclic) bond motifs is 1. The van der Waals surface area contributed by atoms with E-state index in [0.29, 0.717) is 18.8 Å². The number of anilines is 1. The van der Waals surface area contributed by atoms with Crippen molar-refractivity contribution in [2.75, 3.05) is 18.4 Å². The molecule has 1 atom stereocenters. The fourth-order valence-corrected chi connectivity index (χ4v) is 3.35. The van der Waals surface area contributed by atoms with Gasteiger partial charge in [-0.1, -0.05) is 48.5 Å². The third-order valence-corrected chi connectivity index (χ3v) is 5.03. The summed E-state index contributed by atoms with van der Waals surface area (Å²) in [6.45, 7) is 3.40. The molecule has 0 aliphatic rings. The van der Waals surface area contributed by atoms with E-state index in [0.717, 1.165) is 29.8 Å². The Morgan fingerprint density at radius 1 is 1.03 bits per heavy atom. The van der Waals surface area contributed by atoms with Crippen LogP contribution in [0.25, 0.3) is 11.0 Å². The van der Waals surface area contributed by atoms with Crippen LogP contribution >= 0.6 is 0 Å². The SMILES string of the molecule is C[C@@H](Oc1ccccc1)C(=O)NCCn1ncc2c(NCCc3ccccc3)ncnc21. The quantitative estimate of drug-likeness (QED) is 0.402. The molecule has 32 heavy (non-hydrogen) atoms. The van der Waals surface area contributed by atoms with Crippen molar-refractivity contribution in [2.24, 2.45) is 0 Å². The lowest BCUT2D eigenvalue weighted by molar-refractivity contribution is -0.127. The number of ether oxygens (including phenoxy) is 1. The summed E-state index contributed by atoms with van der Waals surface area (Å²) in [5.74, 6) is 1.24. The zero-order valence-corrected chi connectivity index (χ0v) is 17.9. The van der Waals surface area contributed by atoms with Crippen LogP contribution in [0.15, 0.2) is 73.2 Å². The minimum Gasteiger partial charge on any atom is -0.481 e. The zero-order valence-electron chi connectivity index (χ0n) is 17.9. The highest BCUT2D eigenvalue weighted by Crippen LogP contribution is 2.18. The lowest BCUT2D eigenvalue weighted by atomic mass is 10.1. The van der Waals surface area contributed by atoms with Crippen molar-refractivity contribution in [3.05, 3.63) is 78.8 Å². The second-order valence-corrected chi connectivity index (χ2v) is 7.35. The molecule has 8 nitrogen and oxygen atoms in total. The van der Waals surface area contributed by atoms with Gasteiger partial charge in [-0.05, 0) is 31.0 Å². The Balaban J connectivity index is 1.30. The number of carbonyl (C=O) groups excluding carboxylic acids is 1. The van der Waals surface area contributed by atoms with E-state index in [9.17, 15) is 4.79 Å². The molecule has 2 aromatic heterocycles. The van der Waals surface area contributed by atoms with Crippen LogP contribution in [-0.4, -0.2) is 44.8 Å². The number of hydrogen-bond donors (Lipinski definition) is 2. The van der Waals surface area contributed by atoms with E-state index in [4.69, 9.17) is 4.74 Å². The van der Waals surface area contributed by atoms with Gasteiger partial charge in [-0.15, -0.1) is 0 Å². The van der Waals surface area contributed by atoms with Gasteiger partial charge < -0.3 is 15.4 Å². The molecular weight excluding hydrogens is 404 g/mol. The summed E-state index contributed by atoms with van der Waals surface area (Å²) in [6.07, 6.45) is 3.59. The summed E-state index contributed by atoms with van der Waals surface area (Å²) >= 11 is 0. The number of carbonyl (C=O) groups is 1. The standard InChI is InChI=1S/C24H26N6O2/c1-18(32-20-10-6-3-7-11-20)24(31)26-14-15-30-23-21(16-29-30)22(27-17-28-23)25-13-12-19-8-4-2-5-9-19/h2-11,16-18H,12-15H2,1H3,(H,26,31)(H,25,27,28)/t18-/m1/s1. The Bertz CT molecular complexity index is 1150. The van der Waals surface area contributed by atoms with E-state index < -0.39 is 6.10 Å².